The molecule has 1 aliphatic rings. The molecule has 3 heteroatoms. The van der Waals surface area contributed by atoms with Crippen LogP contribution in [0.1, 0.15) is 15.9 Å². The molecule has 1 heterocycles. The first-order chi connectivity index (χ1) is 7.70. The van der Waals surface area contributed by atoms with Crippen molar-refractivity contribution in [3.63, 3.8) is 0 Å². The molecule has 16 heavy (non-hydrogen) atoms. The number of hydrogen-bond donors (Lipinski definition) is 1. The van der Waals surface area contributed by atoms with Crippen LogP contribution >= 0.6 is 0 Å². The standard InChI is InChI=1S/C13H18N2O/c1-10-3-5-12(6-4-10)13(16)15-8-11(9-15)7-14-2/h3-6,11,14H,7-9H2,1-2H3. The first kappa shape index (κ1) is 11.1. The summed E-state index contributed by atoms with van der Waals surface area (Å²) in [7, 11) is 1.95. The van der Waals surface area contributed by atoms with Crippen LogP contribution in [0.3, 0.4) is 0 Å². The van der Waals surface area contributed by atoms with E-state index in [-0.39, 0.29) is 5.91 Å². The summed E-state index contributed by atoms with van der Waals surface area (Å²) in [5.41, 5.74) is 1.99. The minimum absolute atomic E-state index is 0.160. The van der Waals surface area contributed by atoms with Crippen molar-refractivity contribution in [1.29, 1.82) is 0 Å². The second-order valence-corrected chi connectivity index (χ2v) is 4.50. The lowest BCUT2D eigenvalue weighted by atomic mass is 9.98. The maximum atomic E-state index is 12.0. The second-order valence-electron chi connectivity index (χ2n) is 4.50. The predicted octanol–water partition coefficient (Wildman–Crippen LogP) is 1.29. The lowest BCUT2D eigenvalue weighted by molar-refractivity contribution is 0.0504. The number of aryl methyl sites for hydroxylation is 1. The van der Waals surface area contributed by atoms with Crippen molar-refractivity contribution in [2.45, 2.75) is 6.92 Å². The van der Waals surface area contributed by atoms with E-state index >= 15 is 0 Å². The summed E-state index contributed by atoms with van der Waals surface area (Å²) in [6.07, 6.45) is 0. The molecule has 0 saturated carbocycles. The number of nitrogens with zero attached hydrogens (tertiary/aromatic N) is 1. The monoisotopic (exact) mass is 218 g/mol. The Labute approximate surface area is 96.5 Å². The Bertz CT molecular complexity index is 366. The van der Waals surface area contributed by atoms with Crippen LogP contribution in [-0.4, -0.2) is 37.5 Å². The summed E-state index contributed by atoms with van der Waals surface area (Å²) in [6, 6.07) is 7.78. The van der Waals surface area contributed by atoms with Gasteiger partial charge >= 0.3 is 0 Å². The lowest BCUT2D eigenvalue weighted by Crippen LogP contribution is -2.52. The highest BCUT2D eigenvalue weighted by atomic mass is 16.2. The molecular formula is C13H18N2O. The zero-order chi connectivity index (χ0) is 11.5. The van der Waals surface area contributed by atoms with Gasteiger partial charge in [-0.3, -0.25) is 4.79 Å². The molecule has 0 aromatic heterocycles. The molecule has 0 bridgehead atoms. The van der Waals surface area contributed by atoms with E-state index in [2.05, 4.69) is 5.32 Å². The maximum absolute atomic E-state index is 12.0. The van der Waals surface area contributed by atoms with E-state index in [4.69, 9.17) is 0 Å². The smallest absolute Gasteiger partial charge is 0.253 e. The van der Waals surface area contributed by atoms with E-state index in [1.54, 1.807) is 0 Å². The molecule has 86 valence electrons. The third kappa shape index (κ3) is 2.25. The van der Waals surface area contributed by atoms with Crippen LogP contribution in [0.15, 0.2) is 24.3 Å². The van der Waals surface area contributed by atoms with Crippen molar-refractivity contribution in [1.82, 2.24) is 10.2 Å². The predicted molar refractivity (Wildman–Crippen MR) is 64.5 cm³/mol. The molecule has 0 spiro atoms. The maximum Gasteiger partial charge on any atom is 0.253 e. The van der Waals surface area contributed by atoms with E-state index in [9.17, 15) is 4.79 Å². The average molecular weight is 218 g/mol. The third-order valence-electron chi connectivity index (χ3n) is 3.04. The minimum Gasteiger partial charge on any atom is -0.338 e. The second kappa shape index (κ2) is 4.66. The molecule has 1 aromatic carbocycles. The van der Waals surface area contributed by atoms with E-state index < -0.39 is 0 Å². The van der Waals surface area contributed by atoms with Crippen LogP contribution in [0.5, 0.6) is 0 Å². The number of benzene rings is 1. The molecule has 1 amide bonds. The summed E-state index contributed by atoms with van der Waals surface area (Å²) < 4.78 is 0. The van der Waals surface area contributed by atoms with Crippen molar-refractivity contribution in [2.24, 2.45) is 5.92 Å². The van der Waals surface area contributed by atoms with Crippen LogP contribution in [0.25, 0.3) is 0 Å². The normalized spacial score (nSPS) is 16.0. The average Bonchev–Trinajstić information content (AvgIpc) is 2.23. The van der Waals surface area contributed by atoms with Crippen LogP contribution in [0.2, 0.25) is 0 Å². The van der Waals surface area contributed by atoms with Crippen LogP contribution in [0.4, 0.5) is 0 Å². The van der Waals surface area contributed by atoms with E-state index in [0.29, 0.717) is 5.92 Å². The Morgan fingerprint density at radius 1 is 1.38 bits per heavy atom. The largest absolute Gasteiger partial charge is 0.338 e. The summed E-state index contributed by atoms with van der Waals surface area (Å²) >= 11 is 0. The summed E-state index contributed by atoms with van der Waals surface area (Å²) in [5, 5.41) is 3.14. The van der Waals surface area contributed by atoms with E-state index in [1.165, 1.54) is 5.56 Å². The minimum atomic E-state index is 0.160. The molecule has 1 saturated heterocycles. The van der Waals surface area contributed by atoms with Gasteiger partial charge in [-0.1, -0.05) is 17.7 Å². The van der Waals surface area contributed by atoms with Crippen LogP contribution in [0, 0.1) is 12.8 Å². The lowest BCUT2D eigenvalue weighted by Gasteiger charge is -2.39. The molecule has 1 fully saturated rings. The van der Waals surface area contributed by atoms with E-state index in [1.807, 2.05) is 43.1 Å². The highest BCUT2D eigenvalue weighted by molar-refractivity contribution is 5.94. The first-order valence-electron chi connectivity index (χ1n) is 5.71. The van der Waals surface area contributed by atoms with Crippen LogP contribution < -0.4 is 5.32 Å². The van der Waals surface area contributed by atoms with Crippen molar-refractivity contribution in [3.8, 4) is 0 Å². The summed E-state index contributed by atoms with van der Waals surface area (Å²) in [6.45, 7) is 4.79. The Morgan fingerprint density at radius 2 is 2.00 bits per heavy atom. The summed E-state index contributed by atoms with van der Waals surface area (Å²) in [4.78, 5) is 13.9. The van der Waals surface area contributed by atoms with Crippen molar-refractivity contribution in [2.75, 3.05) is 26.7 Å². The molecule has 0 atom stereocenters. The number of likely N-dealkylation sites (tertiary alicyclic amines) is 1. The number of hydrogen-bond acceptors (Lipinski definition) is 2. The van der Waals surface area contributed by atoms with Crippen LogP contribution in [-0.2, 0) is 0 Å². The number of amides is 1. The quantitative estimate of drug-likeness (QED) is 0.829. The van der Waals surface area contributed by atoms with Gasteiger partial charge in [0.25, 0.3) is 5.91 Å². The Morgan fingerprint density at radius 3 is 2.56 bits per heavy atom. The first-order valence-corrected chi connectivity index (χ1v) is 5.71. The number of carbonyl (C=O) groups excluding carboxylic acids is 1. The van der Waals surface area contributed by atoms with Crippen molar-refractivity contribution in [3.05, 3.63) is 35.4 Å². The Hall–Kier alpha value is -1.35. The van der Waals surface area contributed by atoms with Gasteiger partial charge in [0.05, 0.1) is 0 Å². The zero-order valence-electron chi connectivity index (χ0n) is 9.86. The van der Waals surface area contributed by atoms with Gasteiger partial charge in [-0.05, 0) is 26.1 Å². The van der Waals surface area contributed by atoms with Gasteiger partial charge in [0.15, 0.2) is 0 Å². The number of nitrogens with one attached hydrogen (secondary N) is 1. The van der Waals surface area contributed by atoms with Gasteiger partial charge in [-0.15, -0.1) is 0 Å². The molecule has 3 nitrogen and oxygen atoms in total. The SMILES string of the molecule is CNCC1CN(C(=O)c2ccc(C)cc2)C1. The Kier molecular flexibility index (Phi) is 3.25. The van der Waals surface area contributed by atoms with Gasteiger partial charge in [0.2, 0.25) is 0 Å². The molecule has 0 unspecified atom stereocenters. The molecule has 1 aliphatic heterocycles. The van der Waals surface area contributed by atoms with Gasteiger partial charge in [0.1, 0.15) is 0 Å². The number of carbonyl (C=O) groups is 1. The van der Waals surface area contributed by atoms with Crippen molar-refractivity contribution >= 4 is 5.91 Å². The highest BCUT2D eigenvalue weighted by Crippen LogP contribution is 2.18. The highest BCUT2D eigenvalue weighted by Gasteiger charge is 2.30. The molecule has 0 aliphatic carbocycles. The fourth-order valence-corrected chi connectivity index (χ4v) is 2.03. The fourth-order valence-electron chi connectivity index (χ4n) is 2.03. The molecule has 2 rings (SSSR count). The van der Waals surface area contributed by atoms with Gasteiger partial charge in [-0.2, -0.15) is 0 Å². The van der Waals surface area contributed by atoms with E-state index in [0.717, 1.165) is 25.2 Å². The molecular weight excluding hydrogens is 200 g/mol. The number of rotatable bonds is 3. The van der Waals surface area contributed by atoms with Crippen molar-refractivity contribution < 1.29 is 4.79 Å². The third-order valence-corrected chi connectivity index (χ3v) is 3.04. The topological polar surface area (TPSA) is 32.3 Å². The summed E-state index contributed by atoms with van der Waals surface area (Å²) in [5.74, 6) is 0.784. The fraction of sp³-hybridized carbons (Fsp3) is 0.462. The van der Waals surface area contributed by atoms with Gasteiger partial charge in [-0.25, -0.2) is 0 Å². The molecule has 1 aromatic rings. The van der Waals surface area contributed by atoms with Gasteiger partial charge in [0, 0.05) is 31.1 Å². The molecule has 1 N–H and O–H groups in total. The molecule has 0 radical (unpaired) electrons. The van der Waals surface area contributed by atoms with Gasteiger partial charge < -0.3 is 10.2 Å². The Balaban J connectivity index is 1.92. The zero-order valence-corrected chi connectivity index (χ0v) is 9.86.